The van der Waals surface area contributed by atoms with E-state index in [2.05, 4.69) is 19.2 Å². The van der Waals surface area contributed by atoms with E-state index in [9.17, 15) is 0 Å². The zero-order chi connectivity index (χ0) is 17.6. The second kappa shape index (κ2) is 14.0. The maximum atomic E-state index is 6.03. The van der Waals surface area contributed by atoms with Crippen molar-refractivity contribution in [2.24, 2.45) is 0 Å². The normalized spacial score (nSPS) is 10.8. The maximum absolute atomic E-state index is 6.03. The summed E-state index contributed by atoms with van der Waals surface area (Å²) in [5.74, 6) is 1.10. The summed E-state index contributed by atoms with van der Waals surface area (Å²) in [7, 11) is 0. The zero-order valence-electron chi connectivity index (χ0n) is 15.2. The van der Waals surface area contributed by atoms with E-state index in [1.54, 1.807) is 11.8 Å². The number of thiocarbonyl (C=S) groups is 1. The Labute approximate surface area is 163 Å². The number of nitrogens with one attached hydrogen (secondary N) is 1. The summed E-state index contributed by atoms with van der Waals surface area (Å²) < 4.78 is 0.844. The number of aryl methyl sites for hydroxylation is 1. The molecule has 136 valence electrons. The van der Waals surface area contributed by atoms with Crippen molar-refractivity contribution in [3.63, 3.8) is 0 Å². The van der Waals surface area contributed by atoms with Crippen LogP contribution in [0.5, 0.6) is 0 Å². The van der Waals surface area contributed by atoms with E-state index in [0.29, 0.717) is 0 Å². The van der Waals surface area contributed by atoms with Crippen molar-refractivity contribution < 1.29 is 0 Å². The minimum absolute atomic E-state index is 0.741. The van der Waals surface area contributed by atoms with E-state index in [4.69, 9.17) is 23.8 Å². The van der Waals surface area contributed by atoms with Crippen LogP contribution in [0.3, 0.4) is 0 Å². The number of halogens is 1. The van der Waals surface area contributed by atoms with Crippen molar-refractivity contribution in [2.45, 2.75) is 78.1 Å². The van der Waals surface area contributed by atoms with Gasteiger partial charge in [0.15, 0.2) is 0 Å². The molecule has 0 fully saturated rings. The molecule has 0 atom stereocenters. The lowest BCUT2D eigenvalue weighted by Crippen LogP contribution is -2.06. The lowest BCUT2D eigenvalue weighted by molar-refractivity contribution is 0.563. The third-order valence-corrected chi connectivity index (χ3v) is 5.72. The average molecular weight is 386 g/mol. The number of anilines is 1. The molecule has 1 aromatic carbocycles. The second-order valence-corrected chi connectivity index (χ2v) is 8.61. The molecule has 0 bridgehead atoms. The van der Waals surface area contributed by atoms with Crippen LogP contribution in [-0.2, 0) is 0 Å². The second-order valence-electron chi connectivity index (χ2n) is 6.40. The summed E-state index contributed by atoms with van der Waals surface area (Å²) in [5.41, 5.74) is 2.18. The van der Waals surface area contributed by atoms with Crippen molar-refractivity contribution in [2.75, 3.05) is 11.1 Å². The van der Waals surface area contributed by atoms with E-state index in [-0.39, 0.29) is 0 Å². The third kappa shape index (κ3) is 10.6. The van der Waals surface area contributed by atoms with Crippen molar-refractivity contribution in [3.05, 3.63) is 28.8 Å². The Hall–Kier alpha value is -0.250. The molecule has 0 saturated heterocycles. The first-order valence-corrected chi connectivity index (χ1v) is 11.1. The number of rotatable bonds is 12. The van der Waals surface area contributed by atoms with Gasteiger partial charge in [0, 0.05) is 16.5 Å². The van der Waals surface area contributed by atoms with Crippen LogP contribution in [0.15, 0.2) is 18.2 Å². The van der Waals surface area contributed by atoms with E-state index >= 15 is 0 Å². The Kier molecular flexibility index (Phi) is 12.7. The Balaban J connectivity index is 1.99. The number of benzene rings is 1. The number of hydrogen-bond donors (Lipinski definition) is 1. The first-order valence-electron chi connectivity index (χ1n) is 9.33. The summed E-state index contributed by atoms with van der Waals surface area (Å²) in [4.78, 5) is 0. The van der Waals surface area contributed by atoms with Crippen LogP contribution in [-0.4, -0.2) is 10.1 Å². The highest BCUT2D eigenvalue weighted by molar-refractivity contribution is 8.23. The Morgan fingerprint density at radius 1 is 1.00 bits per heavy atom. The van der Waals surface area contributed by atoms with Crippen LogP contribution in [0, 0.1) is 6.92 Å². The lowest BCUT2D eigenvalue weighted by Gasteiger charge is -2.10. The summed E-state index contributed by atoms with van der Waals surface area (Å²) in [6.45, 7) is 4.34. The molecule has 0 saturated carbocycles. The Morgan fingerprint density at radius 2 is 1.58 bits per heavy atom. The fraction of sp³-hybridized carbons (Fsp3) is 0.650. The molecular formula is C20H32ClNS2. The Morgan fingerprint density at radius 3 is 2.21 bits per heavy atom. The number of unbranched alkanes of at least 4 members (excludes halogenated alkanes) is 9. The predicted octanol–water partition coefficient (Wildman–Crippen LogP) is 8.00. The van der Waals surface area contributed by atoms with Crippen LogP contribution in [0.1, 0.15) is 76.7 Å². The van der Waals surface area contributed by atoms with Crippen LogP contribution in [0.2, 0.25) is 5.02 Å². The minimum atomic E-state index is 0.741. The van der Waals surface area contributed by atoms with Gasteiger partial charge >= 0.3 is 0 Å². The van der Waals surface area contributed by atoms with Crippen LogP contribution >= 0.6 is 35.6 Å². The fourth-order valence-corrected chi connectivity index (χ4v) is 3.88. The molecule has 0 aliphatic rings. The van der Waals surface area contributed by atoms with Gasteiger partial charge in [-0.2, -0.15) is 0 Å². The maximum Gasteiger partial charge on any atom is 0.138 e. The lowest BCUT2D eigenvalue weighted by atomic mass is 10.1. The van der Waals surface area contributed by atoms with Gasteiger partial charge in [-0.1, -0.05) is 106 Å². The summed E-state index contributed by atoms with van der Waals surface area (Å²) >= 11 is 13.2. The van der Waals surface area contributed by atoms with Crippen LogP contribution < -0.4 is 5.32 Å². The van der Waals surface area contributed by atoms with E-state index < -0.39 is 0 Å². The monoisotopic (exact) mass is 385 g/mol. The smallest absolute Gasteiger partial charge is 0.138 e. The molecular weight excluding hydrogens is 354 g/mol. The first-order chi connectivity index (χ1) is 11.6. The van der Waals surface area contributed by atoms with Gasteiger partial charge in [0.1, 0.15) is 4.32 Å². The van der Waals surface area contributed by atoms with Gasteiger partial charge in [-0.05, 0) is 31.0 Å². The van der Waals surface area contributed by atoms with Gasteiger partial charge in [0.05, 0.1) is 0 Å². The molecule has 0 heterocycles. The zero-order valence-corrected chi connectivity index (χ0v) is 17.6. The molecule has 24 heavy (non-hydrogen) atoms. The molecule has 0 aromatic heterocycles. The molecule has 1 N–H and O–H groups in total. The topological polar surface area (TPSA) is 12.0 Å². The van der Waals surface area contributed by atoms with Crippen molar-refractivity contribution in [1.29, 1.82) is 0 Å². The molecule has 1 rings (SSSR count). The molecule has 0 aliphatic carbocycles. The fourth-order valence-electron chi connectivity index (χ4n) is 2.63. The first kappa shape index (κ1) is 21.8. The predicted molar refractivity (Wildman–Crippen MR) is 117 cm³/mol. The highest BCUT2D eigenvalue weighted by Gasteiger charge is 2.03. The highest BCUT2D eigenvalue weighted by atomic mass is 35.5. The van der Waals surface area contributed by atoms with Crippen molar-refractivity contribution in [1.82, 2.24) is 0 Å². The van der Waals surface area contributed by atoms with Gasteiger partial charge < -0.3 is 5.32 Å². The molecule has 1 aromatic rings. The Bertz CT molecular complexity index is 477. The molecule has 0 spiro atoms. The molecule has 0 unspecified atom stereocenters. The summed E-state index contributed by atoms with van der Waals surface area (Å²) in [5, 5.41) is 4.04. The van der Waals surface area contributed by atoms with Gasteiger partial charge in [0.2, 0.25) is 0 Å². The number of hydrogen-bond acceptors (Lipinski definition) is 2. The minimum Gasteiger partial charge on any atom is -0.341 e. The summed E-state index contributed by atoms with van der Waals surface area (Å²) in [6, 6.07) is 5.85. The third-order valence-electron chi connectivity index (χ3n) is 4.17. The molecule has 0 amide bonds. The molecule has 1 nitrogen and oxygen atoms in total. The van der Waals surface area contributed by atoms with Gasteiger partial charge in [-0.25, -0.2) is 0 Å². The van der Waals surface area contributed by atoms with Crippen molar-refractivity contribution in [3.8, 4) is 0 Å². The van der Waals surface area contributed by atoms with Crippen LogP contribution in [0.4, 0.5) is 5.69 Å². The van der Waals surface area contributed by atoms with E-state index in [0.717, 1.165) is 20.8 Å². The SMILES string of the molecule is CCCCCCCCCCCCSC(=S)Nc1cc(Cl)ccc1C. The largest absolute Gasteiger partial charge is 0.341 e. The number of thioether (sulfide) groups is 1. The quantitative estimate of drug-likeness (QED) is 0.289. The average Bonchev–Trinajstić information content (AvgIpc) is 2.56. The summed E-state index contributed by atoms with van der Waals surface area (Å²) in [6.07, 6.45) is 13.7. The van der Waals surface area contributed by atoms with Gasteiger partial charge in [0.25, 0.3) is 0 Å². The van der Waals surface area contributed by atoms with Crippen molar-refractivity contribution >= 4 is 45.6 Å². The molecule has 0 aliphatic heterocycles. The highest BCUT2D eigenvalue weighted by Crippen LogP contribution is 2.22. The molecule has 4 heteroatoms. The van der Waals surface area contributed by atoms with Crippen LogP contribution in [0.25, 0.3) is 0 Å². The van der Waals surface area contributed by atoms with Gasteiger partial charge in [-0.15, -0.1) is 0 Å². The molecule has 0 radical (unpaired) electrons. The van der Waals surface area contributed by atoms with E-state index in [1.807, 2.05) is 18.2 Å². The van der Waals surface area contributed by atoms with Gasteiger partial charge in [-0.3, -0.25) is 0 Å². The standard InChI is InChI=1S/C20H32ClNS2/c1-3-4-5-6-7-8-9-10-11-12-15-24-20(23)22-19-16-18(21)14-13-17(19)2/h13-14,16H,3-12,15H2,1-2H3,(H,22,23). The van der Waals surface area contributed by atoms with E-state index in [1.165, 1.54) is 69.8 Å².